The van der Waals surface area contributed by atoms with E-state index in [0.717, 1.165) is 11.1 Å². The van der Waals surface area contributed by atoms with Crippen molar-refractivity contribution >= 4 is 12.0 Å². The van der Waals surface area contributed by atoms with Gasteiger partial charge in [0.05, 0.1) is 0 Å². The SMILES string of the molecule is O=C1OC(c2ccccc2)CO/C1=C\c1ccccc1. The molecule has 0 amide bonds. The van der Waals surface area contributed by atoms with Crippen molar-refractivity contribution in [2.45, 2.75) is 6.10 Å². The maximum Gasteiger partial charge on any atom is 0.374 e. The van der Waals surface area contributed by atoms with Crippen molar-refractivity contribution in [1.82, 2.24) is 0 Å². The molecule has 0 spiro atoms. The monoisotopic (exact) mass is 266 g/mol. The zero-order valence-corrected chi connectivity index (χ0v) is 10.9. The van der Waals surface area contributed by atoms with Crippen molar-refractivity contribution < 1.29 is 14.3 Å². The van der Waals surface area contributed by atoms with E-state index in [9.17, 15) is 4.79 Å². The summed E-state index contributed by atoms with van der Waals surface area (Å²) in [5.74, 6) is -0.169. The van der Waals surface area contributed by atoms with E-state index in [1.54, 1.807) is 6.08 Å². The lowest BCUT2D eigenvalue weighted by Gasteiger charge is -2.25. The van der Waals surface area contributed by atoms with Crippen LogP contribution in [0.1, 0.15) is 17.2 Å². The fourth-order valence-corrected chi connectivity index (χ4v) is 2.08. The molecule has 0 N–H and O–H groups in total. The van der Waals surface area contributed by atoms with E-state index in [1.807, 2.05) is 60.7 Å². The molecule has 1 aliphatic heterocycles. The Morgan fingerprint density at radius 1 is 0.950 bits per heavy atom. The maximum absolute atomic E-state index is 12.0. The molecule has 3 nitrogen and oxygen atoms in total. The Morgan fingerprint density at radius 3 is 2.25 bits per heavy atom. The molecule has 0 radical (unpaired) electrons. The van der Waals surface area contributed by atoms with Crippen LogP contribution in [-0.2, 0) is 14.3 Å². The van der Waals surface area contributed by atoms with Crippen LogP contribution < -0.4 is 0 Å². The van der Waals surface area contributed by atoms with Crippen LogP contribution in [0.15, 0.2) is 66.4 Å². The highest BCUT2D eigenvalue weighted by molar-refractivity contribution is 5.92. The molecule has 100 valence electrons. The minimum Gasteiger partial charge on any atom is -0.482 e. The van der Waals surface area contributed by atoms with Crippen molar-refractivity contribution in [3.63, 3.8) is 0 Å². The van der Waals surface area contributed by atoms with Gasteiger partial charge in [-0.1, -0.05) is 60.7 Å². The molecule has 3 heteroatoms. The van der Waals surface area contributed by atoms with Gasteiger partial charge in [0.2, 0.25) is 5.76 Å². The molecule has 0 aliphatic carbocycles. The van der Waals surface area contributed by atoms with E-state index >= 15 is 0 Å². The number of benzene rings is 2. The predicted octanol–water partition coefficient (Wildman–Crippen LogP) is 3.34. The summed E-state index contributed by atoms with van der Waals surface area (Å²) in [7, 11) is 0. The smallest absolute Gasteiger partial charge is 0.374 e. The Balaban J connectivity index is 1.75. The molecule has 20 heavy (non-hydrogen) atoms. The fraction of sp³-hybridized carbons (Fsp3) is 0.118. The van der Waals surface area contributed by atoms with Gasteiger partial charge in [-0.3, -0.25) is 0 Å². The molecule has 0 bridgehead atoms. The number of rotatable bonds is 2. The molecule has 1 unspecified atom stereocenters. The molecule has 1 saturated heterocycles. The summed E-state index contributed by atoms with van der Waals surface area (Å²) in [6, 6.07) is 19.2. The van der Waals surface area contributed by atoms with Gasteiger partial charge in [-0.25, -0.2) is 4.79 Å². The number of esters is 1. The van der Waals surface area contributed by atoms with Crippen LogP contribution >= 0.6 is 0 Å². The van der Waals surface area contributed by atoms with Crippen LogP contribution in [0, 0.1) is 0 Å². The first-order valence-corrected chi connectivity index (χ1v) is 6.48. The molecule has 2 aromatic rings. The average Bonchev–Trinajstić information content (AvgIpc) is 2.51. The lowest BCUT2D eigenvalue weighted by molar-refractivity contribution is -0.160. The van der Waals surface area contributed by atoms with E-state index in [4.69, 9.17) is 9.47 Å². The molecule has 0 aromatic heterocycles. The summed E-state index contributed by atoms with van der Waals surface area (Å²) in [5.41, 5.74) is 1.86. The maximum atomic E-state index is 12.0. The third kappa shape index (κ3) is 2.72. The third-order valence-corrected chi connectivity index (χ3v) is 3.11. The van der Waals surface area contributed by atoms with E-state index < -0.39 is 5.97 Å². The van der Waals surface area contributed by atoms with E-state index in [1.165, 1.54) is 0 Å². The number of carbonyl (C=O) groups is 1. The molecule has 2 aromatic carbocycles. The van der Waals surface area contributed by atoms with Gasteiger partial charge >= 0.3 is 5.97 Å². The number of ether oxygens (including phenoxy) is 2. The Labute approximate surface area is 117 Å². The highest BCUT2D eigenvalue weighted by Gasteiger charge is 2.27. The van der Waals surface area contributed by atoms with Gasteiger partial charge in [-0.2, -0.15) is 0 Å². The molecule has 1 heterocycles. The zero-order valence-electron chi connectivity index (χ0n) is 10.9. The Hall–Kier alpha value is -2.55. The van der Waals surface area contributed by atoms with E-state index in [0.29, 0.717) is 6.61 Å². The van der Waals surface area contributed by atoms with E-state index in [2.05, 4.69) is 0 Å². The Morgan fingerprint density at radius 2 is 1.60 bits per heavy atom. The van der Waals surface area contributed by atoms with Gasteiger partial charge in [0, 0.05) is 0 Å². The van der Waals surface area contributed by atoms with Crippen LogP contribution in [0.3, 0.4) is 0 Å². The van der Waals surface area contributed by atoms with Gasteiger partial charge in [0.1, 0.15) is 6.61 Å². The second-order valence-electron chi connectivity index (χ2n) is 4.53. The van der Waals surface area contributed by atoms with Crippen LogP contribution in [0.5, 0.6) is 0 Å². The topological polar surface area (TPSA) is 35.5 Å². The van der Waals surface area contributed by atoms with Crippen molar-refractivity contribution in [2.75, 3.05) is 6.61 Å². The number of cyclic esters (lactones) is 1. The summed E-state index contributed by atoms with van der Waals surface area (Å²) >= 11 is 0. The summed E-state index contributed by atoms with van der Waals surface area (Å²) in [5, 5.41) is 0. The fourth-order valence-electron chi connectivity index (χ4n) is 2.08. The first kappa shape index (κ1) is 12.5. The van der Waals surface area contributed by atoms with Crippen LogP contribution in [0.25, 0.3) is 6.08 Å². The highest BCUT2D eigenvalue weighted by Crippen LogP contribution is 2.25. The predicted molar refractivity (Wildman–Crippen MR) is 75.6 cm³/mol. The van der Waals surface area contributed by atoms with Crippen LogP contribution in [-0.4, -0.2) is 12.6 Å². The summed E-state index contributed by atoms with van der Waals surface area (Å²) < 4.78 is 11.0. The standard InChI is InChI=1S/C17H14O3/c18-17-15(11-13-7-3-1-4-8-13)19-12-16(20-17)14-9-5-2-6-10-14/h1-11,16H,12H2/b15-11-. The van der Waals surface area contributed by atoms with Gasteiger partial charge < -0.3 is 9.47 Å². The molecule has 1 fully saturated rings. The number of hydrogen-bond acceptors (Lipinski definition) is 3. The minimum absolute atomic E-state index is 0.253. The third-order valence-electron chi connectivity index (χ3n) is 3.11. The van der Waals surface area contributed by atoms with Crippen LogP contribution in [0.2, 0.25) is 0 Å². The zero-order chi connectivity index (χ0) is 13.8. The molecule has 3 rings (SSSR count). The largest absolute Gasteiger partial charge is 0.482 e. The number of hydrogen-bond donors (Lipinski definition) is 0. The Bertz CT molecular complexity index is 617. The van der Waals surface area contributed by atoms with Crippen molar-refractivity contribution in [3.8, 4) is 0 Å². The van der Waals surface area contributed by atoms with Gasteiger partial charge in [0.25, 0.3) is 0 Å². The summed E-state index contributed by atoms with van der Waals surface area (Å²) in [6.45, 7) is 0.342. The minimum atomic E-state index is -0.422. The molecular weight excluding hydrogens is 252 g/mol. The van der Waals surface area contributed by atoms with Gasteiger partial charge in [-0.15, -0.1) is 0 Å². The molecule has 1 aliphatic rings. The lowest BCUT2D eigenvalue weighted by Crippen LogP contribution is -2.25. The second kappa shape index (κ2) is 5.61. The van der Waals surface area contributed by atoms with E-state index in [-0.39, 0.29) is 11.9 Å². The Kier molecular flexibility index (Phi) is 3.50. The molecule has 1 atom stereocenters. The molecule has 0 saturated carbocycles. The average molecular weight is 266 g/mol. The first-order chi connectivity index (χ1) is 9.83. The van der Waals surface area contributed by atoms with Gasteiger partial charge in [0.15, 0.2) is 6.10 Å². The van der Waals surface area contributed by atoms with Crippen molar-refractivity contribution in [3.05, 3.63) is 77.5 Å². The van der Waals surface area contributed by atoms with Crippen LogP contribution in [0.4, 0.5) is 0 Å². The van der Waals surface area contributed by atoms with Gasteiger partial charge in [-0.05, 0) is 17.2 Å². The highest BCUT2D eigenvalue weighted by atomic mass is 16.6. The summed E-state index contributed by atoms with van der Waals surface area (Å²) in [4.78, 5) is 12.0. The molecular formula is C17H14O3. The van der Waals surface area contributed by atoms with Crippen molar-refractivity contribution in [2.24, 2.45) is 0 Å². The first-order valence-electron chi connectivity index (χ1n) is 6.48. The number of carbonyl (C=O) groups excluding carboxylic acids is 1. The lowest BCUT2D eigenvalue weighted by atomic mass is 10.1. The normalized spacial score (nSPS) is 20.3. The summed E-state index contributed by atoms with van der Waals surface area (Å²) in [6.07, 6.45) is 1.36. The van der Waals surface area contributed by atoms with Crippen molar-refractivity contribution in [1.29, 1.82) is 0 Å². The quantitative estimate of drug-likeness (QED) is 0.617. The second-order valence-corrected chi connectivity index (χ2v) is 4.53.